The van der Waals surface area contributed by atoms with Crippen molar-refractivity contribution in [2.24, 2.45) is 0 Å². The lowest BCUT2D eigenvalue weighted by Gasteiger charge is -2.06. The van der Waals surface area contributed by atoms with Crippen LogP contribution in [0.3, 0.4) is 0 Å². The molecule has 0 aliphatic carbocycles. The third-order valence-corrected chi connectivity index (χ3v) is 1.64. The van der Waals surface area contributed by atoms with Crippen LogP contribution in [0.5, 0.6) is 5.88 Å². The summed E-state index contributed by atoms with van der Waals surface area (Å²) in [5, 5.41) is 0. The number of aryl methyl sites for hydroxylation is 2. The fraction of sp³-hybridized carbons (Fsp3) is 0.375. The van der Waals surface area contributed by atoms with E-state index in [2.05, 4.69) is 4.98 Å². The first-order chi connectivity index (χ1) is 5.15. The van der Waals surface area contributed by atoms with Crippen LogP contribution in [-0.2, 0) is 0 Å². The van der Waals surface area contributed by atoms with E-state index >= 15 is 0 Å². The number of pyridine rings is 1. The van der Waals surface area contributed by atoms with Crippen molar-refractivity contribution in [1.82, 2.24) is 4.98 Å². The van der Waals surface area contributed by atoms with E-state index in [1.807, 2.05) is 19.9 Å². The molecule has 1 aromatic rings. The SMILES string of the molecule is [B]c1c(C)cc(OC)nc1C. The van der Waals surface area contributed by atoms with Gasteiger partial charge in [0.15, 0.2) is 0 Å². The fourth-order valence-electron chi connectivity index (χ4n) is 0.911. The zero-order chi connectivity index (χ0) is 8.43. The second-order valence-electron chi connectivity index (χ2n) is 2.48. The van der Waals surface area contributed by atoms with Crippen LogP contribution in [0.25, 0.3) is 0 Å². The van der Waals surface area contributed by atoms with Crippen molar-refractivity contribution in [1.29, 1.82) is 0 Å². The fourth-order valence-corrected chi connectivity index (χ4v) is 0.911. The Balaban J connectivity index is 3.21. The van der Waals surface area contributed by atoms with E-state index in [9.17, 15) is 0 Å². The van der Waals surface area contributed by atoms with Gasteiger partial charge in [0, 0.05) is 11.8 Å². The Kier molecular flexibility index (Phi) is 2.18. The van der Waals surface area contributed by atoms with Gasteiger partial charge in [-0.05, 0) is 13.8 Å². The Hall–Kier alpha value is -0.985. The van der Waals surface area contributed by atoms with E-state index in [0.29, 0.717) is 5.88 Å². The van der Waals surface area contributed by atoms with Crippen LogP contribution in [0.1, 0.15) is 11.3 Å². The van der Waals surface area contributed by atoms with Crippen LogP contribution < -0.4 is 10.2 Å². The molecule has 1 aromatic heterocycles. The van der Waals surface area contributed by atoms with Crippen LogP contribution in [0.4, 0.5) is 0 Å². The highest BCUT2D eigenvalue weighted by Gasteiger charge is 2.00. The van der Waals surface area contributed by atoms with Crippen molar-refractivity contribution in [2.45, 2.75) is 13.8 Å². The summed E-state index contributed by atoms with van der Waals surface area (Å²) < 4.78 is 4.96. The van der Waals surface area contributed by atoms with Crippen LogP contribution in [0, 0.1) is 13.8 Å². The molecule has 0 unspecified atom stereocenters. The van der Waals surface area contributed by atoms with Crippen molar-refractivity contribution < 1.29 is 4.74 Å². The van der Waals surface area contributed by atoms with Crippen LogP contribution >= 0.6 is 0 Å². The summed E-state index contributed by atoms with van der Waals surface area (Å²) in [6.07, 6.45) is 0. The van der Waals surface area contributed by atoms with Gasteiger partial charge in [-0.15, -0.1) is 0 Å². The first-order valence-electron chi connectivity index (χ1n) is 3.43. The Bertz CT molecular complexity index is 250. The molecule has 0 atom stereocenters. The summed E-state index contributed by atoms with van der Waals surface area (Å²) in [5.41, 5.74) is 2.57. The standard InChI is InChI=1S/C8H10BNO/c1-5-4-7(11-3)10-6(2)8(5)9/h4H,1-3H3. The molecule has 56 valence electrons. The van der Waals surface area contributed by atoms with Crippen molar-refractivity contribution in [3.05, 3.63) is 17.3 Å². The van der Waals surface area contributed by atoms with Gasteiger partial charge in [-0.2, -0.15) is 0 Å². The minimum Gasteiger partial charge on any atom is -0.481 e. The van der Waals surface area contributed by atoms with E-state index in [1.54, 1.807) is 7.11 Å². The number of hydrogen-bond donors (Lipinski definition) is 0. The van der Waals surface area contributed by atoms with Gasteiger partial charge in [0.05, 0.1) is 7.11 Å². The second kappa shape index (κ2) is 2.95. The third-order valence-electron chi connectivity index (χ3n) is 1.64. The van der Waals surface area contributed by atoms with Crippen LogP contribution in [0.15, 0.2) is 6.07 Å². The number of hydrogen-bond acceptors (Lipinski definition) is 2. The molecule has 0 saturated heterocycles. The predicted molar refractivity (Wildman–Crippen MR) is 45.7 cm³/mol. The van der Waals surface area contributed by atoms with Gasteiger partial charge in [0.25, 0.3) is 0 Å². The maximum absolute atomic E-state index is 5.69. The first-order valence-corrected chi connectivity index (χ1v) is 3.43. The molecule has 0 aliphatic rings. The average molecular weight is 147 g/mol. The van der Waals surface area contributed by atoms with E-state index in [4.69, 9.17) is 12.6 Å². The molecular formula is C8H10BNO. The molecule has 0 aromatic carbocycles. The summed E-state index contributed by atoms with van der Waals surface area (Å²) >= 11 is 0. The van der Waals surface area contributed by atoms with Gasteiger partial charge in [-0.1, -0.05) is 11.0 Å². The van der Waals surface area contributed by atoms with Crippen molar-refractivity contribution in [2.75, 3.05) is 7.11 Å². The first kappa shape index (κ1) is 8.11. The zero-order valence-electron chi connectivity index (χ0n) is 7.01. The van der Waals surface area contributed by atoms with Gasteiger partial charge in [0.2, 0.25) is 5.88 Å². The van der Waals surface area contributed by atoms with Crippen LogP contribution in [0.2, 0.25) is 0 Å². The summed E-state index contributed by atoms with van der Waals surface area (Å²) in [5.74, 6) is 0.620. The van der Waals surface area contributed by atoms with E-state index in [0.717, 1.165) is 16.7 Å². The van der Waals surface area contributed by atoms with Gasteiger partial charge >= 0.3 is 0 Å². The molecule has 0 fully saturated rings. The molecule has 0 amide bonds. The predicted octanol–water partition coefficient (Wildman–Crippen LogP) is 0.501. The second-order valence-corrected chi connectivity index (χ2v) is 2.48. The summed E-state index contributed by atoms with van der Waals surface area (Å²) in [6.45, 7) is 3.80. The van der Waals surface area contributed by atoms with Crippen LogP contribution in [-0.4, -0.2) is 19.9 Å². The molecule has 0 N–H and O–H groups in total. The molecule has 2 radical (unpaired) electrons. The van der Waals surface area contributed by atoms with Gasteiger partial charge in [0.1, 0.15) is 7.85 Å². The molecular weight excluding hydrogens is 137 g/mol. The number of rotatable bonds is 1. The molecule has 11 heavy (non-hydrogen) atoms. The highest BCUT2D eigenvalue weighted by Crippen LogP contribution is 2.07. The van der Waals surface area contributed by atoms with Gasteiger partial charge in [-0.25, -0.2) is 4.98 Å². The molecule has 0 aliphatic heterocycles. The van der Waals surface area contributed by atoms with Crippen molar-refractivity contribution in [3.8, 4) is 5.88 Å². The number of aromatic nitrogens is 1. The molecule has 3 heteroatoms. The average Bonchev–Trinajstić information content (AvgIpc) is 1.99. The highest BCUT2D eigenvalue weighted by atomic mass is 16.5. The topological polar surface area (TPSA) is 22.1 Å². The van der Waals surface area contributed by atoms with E-state index in [1.165, 1.54) is 0 Å². The molecule has 0 saturated carbocycles. The normalized spacial score (nSPS) is 9.73. The summed E-state index contributed by atoms with van der Waals surface area (Å²) in [7, 11) is 7.28. The Morgan fingerprint density at radius 1 is 1.45 bits per heavy atom. The Morgan fingerprint density at radius 3 is 2.55 bits per heavy atom. The lowest BCUT2D eigenvalue weighted by atomic mass is 9.90. The van der Waals surface area contributed by atoms with Crippen molar-refractivity contribution >= 4 is 13.3 Å². The number of nitrogens with zero attached hydrogens (tertiary/aromatic N) is 1. The molecule has 0 bridgehead atoms. The Morgan fingerprint density at radius 2 is 2.09 bits per heavy atom. The maximum Gasteiger partial charge on any atom is 0.213 e. The van der Waals surface area contributed by atoms with E-state index in [-0.39, 0.29) is 0 Å². The lowest BCUT2D eigenvalue weighted by molar-refractivity contribution is 0.397. The monoisotopic (exact) mass is 147 g/mol. The zero-order valence-corrected chi connectivity index (χ0v) is 7.01. The maximum atomic E-state index is 5.69. The molecule has 1 heterocycles. The number of methoxy groups -OCH3 is 1. The molecule has 0 spiro atoms. The molecule has 2 nitrogen and oxygen atoms in total. The van der Waals surface area contributed by atoms with E-state index < -0.39 is 0 Å². The largest absolute Gasteiger partial charge is 0.481 e. The third kappa shape index (κ3) is 1.53. The van der Waals surface area contributed by atoms with Crippen molar-refractivity contribution in [3.63, 3.8) is 0 Å². The summed E-state index contributed by atoms with van der Waals surface area (Å²) in [4.78, 5) is 4.10. The highest BCUT2D eigenvalue weighted by molar-refractivity contribution is 6.34. The lowest BCUT2D eigenvalue weighted by Crippen LogP contribution is -2.13. The minimum atomic E-state index is 0.620. The van der Waals surface area contributed by atoms with Gasteiger partial charge < -0.3 is 4.74 Å². The quantitative estimate of drug-likeness (QED) is 0.539. The smallest absolute Gasteiger partial charge is 0.213 e. The summed E-state index contributed by atoms with van der Waals surface area (Å²) in [6, 6.07) is 1.82. The Labute approximate surface area is 68.0 Å². The van der Waals surface area contributed by atoms with Gasteiger partial charge in [-0.3, -0.25) is 0 Å². The minimum absolute atomic E-state index is 0.620. The number of ether oxygens (including phenoxy) is 1. The molecule has 1 rings (SSSR count).